The van der Waals surface area contributed by atoms with E-state index in [1.54, 1.807) is 0 Å². The Kier molecular flexibility index (Phi) is 3.25. The number of carboxylic acids is 1. The van der Waals surface area contributed by atoms with E-state index in [1.165, 1.54) is 13.8 Å². The molecule has 7 nitrogen and oxygen atoms in total. The highest BCUT2D eigenvalue weighted by atomic mass is 16.7. The second-order valence-corrected chi connectivity index (χ2v) is 3.86. The van der Waals surface area contributed by atoms with Crippen molar-refractivity contribution >= 4 is 5.97 Å². The van der Waals surface area contributed by atoms with Gasteiger partial charge in [-0.15, -0.1) is 0 Å². The Bertz CT molecular complexity index is 333. The van der Waals surface area contributed by atoms with E-state index in [0.717, 1.165) is 0 Å². The van der Waals surface area contributed by atoms with Gasteiger partial charge >= 0.3 is 5.97 Å². The summed E-state index contributed by atoms with van der Waals surface area (Å²) in [6, 6.07) is 0. The second kappa shape index (κ2) is 4.02. The molecule has 1 heterocycles. The predicted molar refractivity (Wildman–Crippen MR) is 50.5 cm³/mol. The van der Waals surface area contributed by atoms with Gasteiger partial charge in [-0.3, -0.25) is 0 Å². The minimum Gasteiger partial charge on any atom is -0.510 e. The van der Waals surface area contributed by atoms with Crippen molar-refractivity contribution < 1.29 is 35.1 Å². The maximum absolute atomic E-state index is 10.7. The summed E-state index contributed by atoms with van der Waals surface area (Å²) < 4.78 is 4.61. The van der Waals surface area contributed by atoms with Gasteiger partial charge in [0.15, 0.2) is 0 Å². The van der Waals surface area contributed by atoms with Crippen LogP contribution in [0.1, 0.15) is 13.8 Å². The number of ether oxygens (including phenoxy) is 1. The van der Waals surface area contributed by atoms with Gasteiger partial charge in [0.05, 0.1) is 0 Å². The number of aliphatic carboxylic acids is 1. The molecule has 0 aliphatic carbocycles. The minimum atomic E-state index is -2.91. The number of carbonyl (C=O) groups is 1. The summed E-state index contributed by atoms with van der Waals surface area (Å²) in [5.74, 6) is -5.15. The van der Waals surface area contributed by atoms with Crippen molar-refractivity contribution in [1.82, 2.24) is 0 Å². The van der Waals surface area contributed by atoms with E-state index in [4.69, 9.17) is 5.11 Å². The highest BCUT2D eigenvalue weighted by Gasteiger charge is 2.59. The summed E-state index contributed by atoms with van der Waals surface area (Å²) in [6.07, 6.45) is -5.20. The largest absolute Gasteiger partial charge is 0.510 e. The lowest BCUT2D eigenvalue weighted by molar-refractivity contribution is -0.236. The summed E-state index contributed by atoms with van der Waals surface area (Å²) >= 11 is 0. The van der Waals surface area contributed by atoms with Gasteiger partial charge in [-0.25, -0.2) is 4.79 Å². The van der Waals surface area contributed by atoms with Gasteiger partial charge in [0, 0.05) is 0 Å². The normalized spacial score (nSPS) is 38.4. The number of hydrogen-bond donors (Lipinski definition) is 5. The summed E-state index contributed by atoms with van der Waals surface area (Å²) in [4.78, 5) is 10.7. The van der Waals surface area contributed by atoms with E-state index < -0.39 is 35.8 Å². The summed E-state index contributed by atoms with van der Waals surface area (Å²) in [5.41, 5.74) is 0.380. The van der Waals surface area contributed by atoms with Gasteiger partial charge in [0.25, 0.3) is 5.79 Å². The van der Waals surface area contributed by atoms with Crippen LogP contribution in [0.3, 0.4) is 0 Å². The SMILES string of the molecule is CC(C)=C(O)[C@@H]1O[C@](O)(C(=O)O)[C@@H](O)[C@@H]1O. The molecule has 1 rings (SSSR count). The molecule has 4 atom stereocenters. The predicted octanol–water partition coefficient (Wildman–Crippen LogP) is -1.27. The zero-order valence-electron chi connectivity index (χ0n) is 8.78. The molecule has 1 fully saturated rings. The zero-order valence-corrected chi connectivity index (χ0v) is 8.78. The van der Waals surface area contributed by atoms with Crippen LogP contribution in [-0.4, -0.2) is 55.6 Å². The van der Waals surface area contributed by atoms with Crippen molar-refractivity contribution in [2.45, 2.75) is 37.9 Å². The Morgan fingerprint density at radius 2 is 1.75 bits per heavy atom. The molecule has 0 aromatic carbocycles. The van der Waals surface area contributed by atoms with Crippen LogP contribution in [0.5, 0.6) is 0 Å². The number of hydrogen-bond acceptors (Lipinski definition) is 6. The molecule has 0 radical (unpaired) electrons. The molecule has 0 amide bonds. The number of allylic oxidation sites excluding steroid dienone is 1. The van der Waals surface area contributed by atoms with Crippen LogP contribution >= 0.6 is 0 Å². The van der Waals surface area contributed by atoms with Gasteiger partial charge in [0.1, 0.15) is 24.1 Å². The highest BCUT2D eigenvalue weighted by Crippen LogP contribution is 2.33. The molecule has 1 aliphatic heterocycles. The topological polar surface area (TPSA) is 127 Å². The molecule has 0 aromatic heterocycles. The van der Waals surface area contributed by atoms with Crippen molar-refractivity contribution in [2.24, 2.45) is 0 Å². The van der Waals surface area contributed by atoms with E-state index in [-0.39, 0.29) is 0 Å². The molecule has 0 unspecified atom stereocenters. The van der Waals surface area contributed by atoms with E-state index >= 15 is 0 Å². The molecule has 0 aromatic rings. The molecule has 1 saturated heterocycles. The highest BCUT2D eigenvalue weighted by molar-refractivity contribution is 5.77. The van der Waals surface area contributed by atoms with Gasteiger partial charge in [-0.05, 0) is 19.4 Å². The first kappa shape index (κ1) is 12.9. The first-order valence-corrected chi connectivity index (χ1v) is 4.58. The van der Waals surface area contributed by atoms with Gasteiger partial charge in [0.2, 0.25) is 0 Å². The van der Waals surface area contributed by atoms with E-state index in [9.17, 15) is 25.2 Å². The number of aliphatic hydroxyl groups is 4. The Balaban J connectivity index is 3.06. The van der Waals surface area contributed by atoms with Crippen molar-refractivity contribution in [3.8, 4) is 0 Å². The maximum Gasteiger partial charge on any atom is 0.367 e. The molecule has 0 spiro atoms. The number of rotatable bonds is 2. The van der Waals surface area contributed by atoms with Crippen LogP contribution in [0.4, 0.5) is 0 Å². The van der Waals surface area contributed by atoms with Crippen LogP contribution in [0.15, 0.2) is 11.3 Å². The van der Waals surface area contributed by atoms with Crippen LogP contribution in [0.2, 0.25) is 0 Å². The Labute approximate surface area is 91.2 Å². The van der Waals surface area contributed by atoms with Crippen molar-refractivity contribution in [2.75, 3.05) is 0 Å². The summed E-state index contributed by atoms with van der Waals surface area (Å²) in [5, 5.41) is 46.4. The third kappa shape index (κ3) is 1.78. The monoisotopic (exact) mass is 234 g/mol. The molecule has 0 bridgehead atoms. The smallest absolute Gasteiger partial charge is 0.367 e. The quantitative estimate of drug-likeness (QED) is 0.377. The lowest BCUT2D eigenvalue weighted by atomic mass is 10.0. The first-order chi connectivity index (χ1) is 7.21. The van der Waals surface area contributed by atoms with Gasteiger partial charge in [-0.2, -0.15) is 0 Å². The summed E-state index contributed by atoms with van der Waals surface area (Å²) in [6.45, 7) is 3.02. The van der Waals surface area contributed by atoms with Crippen LogP contribution in [0.25, 0.3) is 0 Å². The second-order valence-electron chi connectivity index (χ2n) is 3.86. The molecule has 1 aliphatic rings. The number of aliphatic hydroxyl groups excluding tert-OH is 3. The Hall–Kier alpha value is -1.15. The Morgan fingerprint density at radius 1 is 1.25 bits per heavy atom. The number of carboxylic acid groups (broad SMARTS) is 1. The third-order valence-electron chi connectivity index (χ3n) is 2.43. The van der Waals surface area contributed by atoms with Crippen molar-refractivity contribution in [3.63, 3.8) is 0 Å². The van der Waals surface area contributed by atoms with Gasteiger partial charge < -0.3 is 30.3 Å². The maximum atomic E-state index is 10.7. The molecule has 92 valence electrons. The zero-order chi connectivity index (χ0) is 12.7. The van der Waals surface area contributed by atoms with E-state index in [1.807, 2.05) is 0 Å². The van der Waals surface area contributed by atoms with Crippen LogP contribution in [0, 0.1) is 0 Å². The molecule has 0 saturated carbocycles. The average Bonchev–Trinajstić information content (AvgIpc) is 2.43. The molecule has 5 N–H and O–H groups in total. The summed E-state index contributed by atoms with van der Waals surface area (Å²) in [7, 11) is 0. The lowest BCUT2D eigenvalue weighted by Crippen LogP contribution is -2.49. The fourth-order valence-corrected chi connectivity index (χ4v) is 1.41. The standard InChI is InChI=1S/C9H14O7/c1-3(2)4(10)6-5(11)7(12)9(15,16-6)8(13)14/h5-7,10-12,15H,1-2H3,(H,13,14)/t5-,6+,7+,9+/m1/s1. The fraction of sp³-hybridized carbons (Fsp3) is 0.667. The Morgan fingerprint density at radius 3 is 2.06 bits per heavy atom. The van der Waals surface area contributed by atoms with Crippen LogP contribution < -0.4 is 0 Å². The fourth-order valence-electron chi connectivity index (χ4n) is 1.41. The van der Waals surface area contributed by atoms with Gasteiger partial charge in [-0.1, -0.05) is 0 Å². The van der Waals surface area contributed by atoms with Crippen molar-refractivity contribution in [1.29, 1.82) is 0 Å². The van der Waals surface area contributed by atoms with Crippen LogP contribution in [-0.2, 0) is 9.53 Å². The minimum absolute atomic E-state index is 0.380. The first-order valence-electron chi connectivity index (χ1n) is 4.58. The molecular weight excluding hydrogens is 220 g/mol. The van der Waals surface area contributed by atoms with E-state index in [0.29, 0.717) is 5.57 Å². The molecule has 7 heteroatoms. The lowest BCUT2D eigenvalue weighted by Gasteiger charge is -2.20. The van der Waals surface area contributed by atoms with Crippen molar-refractivity contribution in [3.05, 3.63) is 11.3 Å². The molecule has 16 heavy (non-hydrogen) atoms. The molecular formula is C9H14O7. The van der Waals surface area contributed by atoms with E-state index in [2.05, 4.69) is 4.74 Å². The average molecular weight is 234 g/mol. The third-order valence-corrected chi connectivity index (χ3v) is 2.43.